The lowest BCUT2D eigenvalue weighted by Gasteiger charge is -2.13. The van der Waals surface area contributed by atoms with E-state index in [0.29, 0.717) is 5.82 Å². The van der Waals surface area contributed by atoms with Crippen LogP contribution in [0.1, 0.15) is 19.4 Å². The maximum Gasteiger partial charge on any atom is 0.139 e. The molecule has 0 fully saturated rings. The van der Waals surface area contributed by atoms with Gasteiger partial charge in [0.1, 0.15) is 5.82 Å². The van der Waals surface area contributed by atoms with Crippen molar-refractivity contribution in [2.24, 2.45) is 5.84 Å². The van der Waals surface area contributed by atoms with Crippen LogP contribution in [0.3, 0.4) is 0 Å². The van der Waals surface area contributed by atoms with Crippen LogP contribution in [0, 0.1) is 0 Å². The number of hydrogen-bond donors (Lipinski definition) is 3. The van der Waals surface area contributed by atoms with Crippen molar-refractivity contribution < 1.29 is 5.11 Å². The number of rotatable bonds is 5. The van der Waals surface area contributed by atoms with E-state index >= 15 is 0 Å². The van der Waals surface area contributed by atoms with E-state index in [1.54, 1.807) is 24.9 Å². The van der Waals surface area contributed by atoms with Crippen LogP contribution < -0.4 is 11.3 Å². The summed E-state index contributed by atoms with van der Waals surface area (Å²) in [5.41, 5.74) is 3.61. The molecule has 0 bridgehead atoms. The zero-order chi connectivity index (χ0) is 11.3. The molecule has 1 aromatic rings. The molecule has 0 radical (unpaired) electrons. The summed E-state index contributed by atoms with van der Waals surface area (Å²) in [5, 5.41) is 9.55. The molecule has 2 unspecified atom stereocenters. The first-order valence-corrected chi connectivity index (χ1v) is 5.89. The maximum atomic E-state index is 9.32. The Morgan fingerprint density at radius 1 is 1.53 bits per heavy atom. The number of nitrogens with zero attached hydrogens (tertiary/aromatic N) is 1. The molecule has 1 aromatic heterocycles. The number of aromatic nitrogens is 1. The Balaban J connectivity index is 2.44. The maximum absolute atomic E-state index is 9.32. The number of hydrogen-bond acceptors (Lipinski definition) is 5. The molecule has 5 heteroatoms. The average molecular weight is 227 g/mol. The van der Waals surface area contributed by atoms with Gasteiger partial charge >= 0.3 is 0 Å². The molecule has 0 aliphatic carbocycles. The van der Waals surface area contributed by atoms with Crippen molar-refractivity contribution in [3.8, 4) is 0 Å². The third-order valence-electron chi connectivity index (χ3n) is 2.16. The minimum atomic E-state index is -0.284. The highest BCUT2D eigenvalue weighted by Crippen LogP contribution is 2.19. The van der Waals surface area contributed by atoms with Gasteiger partial charge in [0.2, 0.25) is 0 Å². The lowest BCUT2D eigenvalue weighted by atomic mass is 10.3. The highest BCUT2D eigenvalue weighted by Gasteiger charge is 2.08. The smallest absolute Gasteiger partial charge is 0.139 e. The van der Waals surface area contributed by atoms with Gasteiger partial charge in [0.05, 0.1) is 6.10 Å². The summed E-state index contributed by atoms with van der Waals surface area (Å²) in [4.78, 5) is 4.11. The van der Waals surface area contributed by atoms with Crippen molar-refractivity contribution in [3.05, 3.63) is 23.9 Å². The summed E-state index contributed by atoms with van der Waals surface area (Å²) in [7, 11) is 0. The zero-order valence-electron chi connectivity index (χ0n) is 8.97. The number of pyridine rings is 1. The number of aliphatic hydroxyl groups is 1. The van der Waals surface area contributed by atoms with E-state index in [1.165, 1.54) is 0 Å². The predicted molar refractivity (Wildman–Crippen MR) is 64.5 cm³/mol. The lowest BCUT2D eigenvalue weighted by molar-refractivity contribution is 0.196. The van der Waals surface area contributed by atoms with Gasteiger partial charge in [0, 0.05) is 17.2 Å². The van der Waals surface area contributed by atoms with Gasteiger partial charge in [-0.3, -0.25) is 0 Å². The molecule has 0 spiro atoms. The first-order chi connectivity index (χ1) is 7.13. The van der Waals surface area contributed by atoms with Crippen LogP contribution >= 0.6 is 11.8 Å². The van der Waals surface area contributed by atoms with Crippen molar-refractivity contribution in [2.45, 2.75) is 31.0 Å². The van der Waals surface area contributed by atoms with Gasteiger partial charge in [-0.25, -0.2) is 10.8 Å². The molecule has 0 aliphatic heterocycles. The summed E-state index contributed by atoms with van der Waals surface area (Å²) < 4.78 is 0. The molecular weight excluding hydrogens is 210 g/mol. The Labute approximate surface area is 94.3 Å². The standard InChI is InChI=1S/C10H17N3OS/c1-7(14)8(2)15-6-9-3-4-10(13-11)12-5-9/h3-5,7-8,14H,6,11H2,1-2H3,(H,12,13). The molecule has 0 amide bonds. The first kappa shape index (κ1) is 12.3. The minimum Gasteiger partial charge on any atom is -0.392 e. The molecule has 4 nitrogen and oxygen atoms in total. The largest absolute Gasteiger partial charge is 0.392 e. The highest BCUT2D eigenvalue weighted by atomic mass is 32.2. The highest BCUT2D eigenvalue weighted by molar-refractivity contribution is 7.99. The fourth-order valence-electron chi connectivity index (χ4n) is 0.962. The molecule has 0 saturated carbocycles. The summed E-state index contributed by atoms with van der Waals surface area (Å²) in [6.45, 7) is 3.82. The van der Waals surface area contributed by atoms with E-state index < -0.39 is 0 Å². The second-order valence-corrected chi connectivity index (χ2v) is 4.82. The number of nitrogen functional groups attached to an aromatic ring is 1. The summed E-state index contributed by atoms with van der Waals surface area (Å²) in [5.74, 6) is 6.72. The summed E-state index contributed by atoms with van der Waals surface area (Å²) >= 11 is 1.71. The molecule has 0 aromatic carbocycles. The van der Waals surface area contributed by atoms with Crippen molar-refractivity contribution >= 4 is 17.6 Å². The molecule has 15 heavy (non-hydrogen) atoms. The minimum absolute atomic E-state index is 0.234. The molecule has 4 N–H and O–H groups in total. The van der Waals surface area contributed by atoms with E-state index in [0.717, 1.165) is 11.3 Å². The van der Waals surface area contributed by atoms with Crippen molar-refractivity contribution in [3.63, 3.8) is 0 Å². The summed E-state index contributed by atoms with van der Waals surface area (Å²) in [6.07, 6.45) is 1.50. The third-order valence-corrected chi connectivity index (χ3v) is 3.58. The van der Waals surface area contributed by atoms with E-state index in [-0.39, 0.29) is 11.4 Å². The van der Waals surface area contributed by atoms with Crippen molar-refractivity contribution in [2.75, 3.05) is 5.43 Å². The monoisotopic (exact) mass is 227 g/mol. The number of aliphatic hydroxyl groups excluding tert-OH is 1. The fraction of sp³-hybridized carbons (Fsp3) is 0.500. The van der Waals surface area contributed by atoms with Crippen LogP contribution in [-0.4, -0.2) is 21.4 Å². The van der Waals surface area contributed by atoms with E-state index in [1.807, 2.05) is 19.1 Å². The van der Waals surface area contributed by atoms with Crippen LogP contribution in [0.4, 0.5) is 5.82 Å². The first-order valence-electron chi connectivity index (χ1n) is 4.84. The number of nitrogens with one attached hydrogen (secondary N) is 1. The molecular formula is C10H17N3OS. The summed E-state index contributed by atoms with van der Waals surface area (Å²) in [6, 6.07) is 3.81. The Morgan fingerprint density at radius 2 is 2.27 bits per heavy atom. The van der Waals surface area contributed by atoms with Crippen molar-refractivity contribution in [1.82, 2.24) is 4.98 Å². The second-order valence-electron chi connectivity index (χ2n) is 3.45. The predicted octanol–water partition coefficient (Wildman–Crippen LogP) is 1.37. The average Bonchev–Trinajstić information content (AvgIpc) is 2.26. The number of nitrogens with two attached hydrogens (primary N) is 1. The molecule has 1 heterocycles. The van der Waals surface area contributed by atoms with Crippen LogP contribution in [0.2, 0.25) is 0 Å². The van der Waals surface area contributed by atoms with E-state index in [2.05, 4.69) is 10.4 Å². The fourth-order valence-corrected chi connectivity index (χ4v) is 1.87. The SMILES string of the molecule is CC(O)C(C)SCc1ccc(NN)nc1. The van der Waals surface area contributed by atoms with Gasteiger partial charge in [0.15, 0.2) is 0 Å². The molecule has 0 aliphatic rings. The number of anilines is 1. The van der Waals surface area contributed by atoms with Crippen LogP contribution in [0.15, 0.2) is 18.3 Å². The normalized spacial score (nSPS) is 14.7. The second kappa shape index (κ2) is 5.95. The van der Waals surface area contributed by atoms with Gasteiger partial charge in [0.25, 0.3) is 0 Å². The van der Waals surface area contributed by atoms with Gasteiger partial charge in [-0.15, -0.1) is 0 Å². The molecule has 84 valence electrons. The van der Waals surface area contributed by atoms with Gasteiger partial charge in [-0.1, -0.05) is 13.0 Å². The van der Waals surface area contributed by atoms with E-state index in [9.17, 15) is 5.11 Å². The Morgan fingerprint density at radius 3 is 2.73 bits per heavy atom. The number of thioether (sulfide) groups is 1. The van der Waals surface area contributed by atoms with Crippen LogP contribution in [0.25, 0.3) is 0 Å². The quantitative estimate of drug-likeness (QED) is 0.523. The Bertz CT molecular complexity index is 289. The third kappa shape index (κ3) is 4.07. The lowest BCUT2D eigenvalue weighted by Crippen LogP contribution is -2.15. The zero-order valence-corrected chi connectivity index (χ0v) is 9.79. The van der Waals surface area contributed by atoms with Gasteiger partial charge in [-0.2, -0.15) is 11.8 Å². The Kier molecular flexibility index (Phi) is 4.87. The number of hydrazine groups is 1. The van der Waals surface area contributed by atoms with Gasteiger partial charge in [-0.05, 0) is 18.6 Å². The molecule has 2 atom stereocenters. The van der Waals surface area contributed by atoms with Crippen LogP contribution in [0.5, 0.6) is 0 Å². The van der Waals surface area contributed by atoms with Crippen LogP contribution in [-0.2, 0) is 5.75 Å². The molecule has 1 rings (SSSR count). The Hall–Kier alpha value is -0.780. The van der Waals surface area contributed by atoms with Gasteiger partial charge < -0.3 is 10.5 Å². The molecule has 0 saturated heterocycles. The van der Waals surface area contributed by atoms with E-state index in [4.69, 9.17) is 5.84 Å². The topological polar surface area (TPSA) is 71.2 Å². The van der Waals surface area contributed by atoms with Crippen molar-refractivity contribution in [1.29, 1.82) is 0 Å².